The second kappa shape index (κ2) is 10.9. The number of hydrogen-bond donors (Lipinski definition) is 2. The molecule has 0 saturated carbocycles. The molecule has 0 aromatic carbocycles. The Balaban J connectivity index is 3.39. The van der Waals surface area contributed by atoms with Crippen LogP contribution in [0, 0.1) is 11.3 Å². The quantitative estimate of drug-likeness (QED) is 0.354. The molecule has 0 unspecified atom stereocenters. The second-order valence-electron chi connectivity index (χ2n) is 3.42. The molecule has 0 aliphatic carbocycles. The standard InChI is InChI=1S/C11H19N3O3/c1-2-3-8-17-9-4-6-13-10(15)11(16)14-7-5-12/h2-4,6-9H2,1H3,(H,13,15)(H,14,16). The zero-order valence-corrected chi connectivity index (χ0v) is 10.1. The van der Waals surface area contributed by atoms with Crippen molar-refractivity contribution in [2.24, 2.45) is 0 Å². The summed E-state index contributed by atoms with van der Waals surface area (Å²) < 4.78 is 5.29. The molecule has 0 saturated heterocycles. The van der Waals surface area contributed by atoms with Crippen molar-refractivity contribution in [2.45, 2.75) is 26.2 Å². The molecule has 0 heterocycles. The molecular weight excluding hydrogens is 222 g/mol. The molecule has 17 heavy (non-hydrogen) atoms. The average molecular weight is 241 g/mol. The summed E-state index contributed by atoms with van der Waals surface area (Å²) >= 11 is 0. The maximum absolute atomic E-state index is 11.1. The van der Waals surface area contributed by atoms with E-state index in [4.69, 9.17) is 10.00 Å². The topological polar surface area (TPSA) is 91.2 Å². The maximum atomic E-state index is 11.1. The summed E-state index contributed by atoms with van der Waals surface area (Å²) in [5.41, 5.74) is 0. The molecule has 96 valence electrons. The van der Waals surface area contributed by atoms with E-state index in [1.807, 2.05) is 0 Å². The molecule has 0 fully saturated rings. The Morgan fingerprint density at radius 1 is 1.18 bits per heavy atom. The van der Waals surface area contributed by atoms with E-state index >= 15 is 0 Å². The Bertz CT molecular complexity index is 274. The van der Waals surface area contributed by atoms with Crippen LogP contribution in [0.15, 0.2) is 0 Å². The highest BCUT2D eigenvalue weighted by Gasteiger charge is 2.10. The minimum absolute atomic E-state index is 0.160. The van der Waals surface area contributed by atoms with Crippen molar-refractivity contribution in [1.82, 2.24) is 10.6 Å². The number of amides is 2. The lowest BCUT2D eigenvalue weighted by Crippen LogP contribution is -2.40. The lowest BCUT2D eigenvalue weighted by Gasteiger charge is -2.05. The fraction of sp³-hybridized carbons (Fsp3) is 0.727. The first-order chi connectivity index (χ1) is 8.22. The van der Waals surface area contributed by atoms with Crippen LogP contribution in [-0.2, 0) is 14.3 Å². The van der Waals surface area contributed by atoms with E-state index in [0.29, 0.717) is 19.6 Å². The number of carbonyl (C=O) groups excluding carboxylic acids is 2. The monoisotopic (exact) mass is 241 g/mol. The molecule has 0 aliphatic rings. The normalized spacial score (nSPS) is 9.41. The van der Waals surface area contributed by atoms with Gasteiger partial charge in [-0.2, -0.15) is 5.26 Å². The van der Waals surface area contributed by atoms with Gasteiger partial charge in [0.1, 0.15) is 6.54 Å². The van der Waals surface area contributed by atoms with E-state index < -0.39 is 11.8 Å². The predicted octanol–water partition coefficient (Wildman–Crippen LogP) is -0.0508. The number of nitrogens with one attached hydrogen (secondary N) is 2. The summed E-state index contributed by atoms with van der Waals surface area (Å²) in [6.45, 7) is 3.62. The van der Waals surface area contributed by atoms with Gasteiger partial charge in [0.15, 0.2) is 0 Å². The number of rotatable bonds is 8. The molecule has 0 spiro atoms. The Labute approximate surface area is 101 Å². The molecule has 2 N–H and O–H groups in total. The average Bonchev–Trinajstić information content (AvgIpc) is 2.34. The van der Waals surface area contributed by atoms with Crippen LogP contribution in [0.5, 0.6) is 0 Å². The SMILES string of the molecule is CCCCOCCCNC(=O)C(=O)NCC#N. The number of carbonyl (C=O) groups is 2. The molecule has 2 amide bonds. The first-order valence-corrected chi connectivity index (χ1v) is 5.73. The molecule has 6 heteroatoms. The Morgan fingerprint density at radius 2 is 1.82 bits per heavy atom. The van der Waals surface area contributed by atoms with Crippen molar-refractivity contribution < 1.29 is 14.3 Å². The maximum Gasteiger partial charge on any atom is 0.310 e. The van der Waals surface area contributed by atoms with Gasteiger partial charge in [-0.25, -0.2) is 0 Å². The number of nitrogens with zero attached hydrogens (tertiary/aromatic N) is 1. The van der Waals surface area contributed by atoms with Gasteiger partial charge in [-0.05, 0) is 12.8 Å². The van der Waals surface area contributed by atoms with Crippen molar-refractivity contribution in [2.75, 3.05) is 26.3 Å². The Hall–Kier alpha value is -1.61. The van der Waals surface area contributed by atoms with Crippen LogP contribution in [0.1, 0.15) is 26.2 Å². The molecular formula is C11H19N3O3. The minimum Gasteiger partial charge on any atom is -0.381 e. The zero-order valence-electron chi connectivity index (χ0n) is 10.1. The van der Waals surface area contributed by atoms with Crippen LogP contribution < -0.4 is 10.6 Å². The van der Waals surface area contributed by atoms with Gasteiger partial charge in [-0.1, -0.05) is 13.3 Å². The number of nitriles is 1. The molecule has 0 aromatic heterocycles. The molecule has 0 bridgehead atoms. The van der Waals surface area contributed by atoms with Gasteiger partial charge in [0, 0.05) is 19.8 Å². The highest BCUT2D eigenvalue weighted by Crippen LogP contribution is 1.88. The lowest BCUT2D eigenvalue weighted by atomic mass is 10.3. The van der Waals surface area contributed by atoms with E-state index in [-0.39, 0.29) is 6.54 Å². The number of ether oxygens (including phenoxy) is 1. The molecule has 0 aliphatic heterocycles. The largest absolute Gasteiger partial charge is 0.381 e. The molecule has 0 radical (unpaired) electrons. The summed E-state index contributed by atoms with van der Waals surface area (Å²) in [7, 11) is 0. The van der Waals surface area contributed by atoms with E-state index in [0.717, 1.165) is 19.4 Å². The lowest BCUT2D eigenvalue weighted by molar-refractivity contribution is -0.139. The van der Waals surface area contributed by atoms with Crippen molar-refractivity contribution >= 4 is 11.8 Å². The van der Waals surface area contributed by atoms with Crippen molar-refractivity contribution in [1.29, 1.82) is 5.26 Å². The van der Waals surface area contributed by atoms with Gasteiger partial charge in [-0.15, -0.1) is 0 Å². The molecule has 0 aromatic rings. The van der Waals surface area contributed by atoms with Gasteiger partial charge in [-0.3, -0.25) is 9.59 Å². The molecule has 0 rings (SSSR count). The molecule has 6 nitrogen and oxygen atoms in total. The fourth-order valence-electron chi connectivity index (χ4n) is 1.00. The van der Waals surface area contributed by atoms with Crippen LogP contribution in [-0.4, -0.2) is 38.1 Å². The number of unbranched alkanes of at least 4 members (excludes halogenated alkanes) is 1. The number of hydrogen-bond acceptors (Lipinski definition) is 4. The van der Waals surface area contributed by atoms with Crippen LogP contribution in [0.4, 0.5) is 0 Å². The van der Waals surface area contributed by atoms with Gasteiger partial charge in [0.25, 0.3) is 0 Å². The third-order valence-electron chi connectivity index (χ3n) is 1.93. The predicted molar refractivity (Wildman–Crippen MR) is 62.0 cm³/mol. The van der Waals surface area contributed by atoms with E-state index in [1.165, 1.54) is 0 Å². The van der Waals surface area contributed by atoms with Gasteiger partial charge in [0.2, 0.25) is 0 Å². The fourth-order valence-corrected chi connectivity index (χ4v) is 1.00. The van der Waals surface area contributed by atoms with Gasteiger partial charge >= 0.3 is 11.8 Å². The van der Waals surface area contributed by atoms with Crippen LogP contribution in [0.2, 0.25) is 0 Å². The summed E-state index contributed by atoms with van der Waals surface area (Å²) in [5.74, 6) is -1.49. The Kier molecular flexibility index (Phi) is 9.86. The summed E-state index contributed by atoms with van der Waals surface area (Å²) in [6.07, 6.45) is 2.79. The first-order valence-electron chi connectivity index (χ1n) is 5.73. The van der Waals surface area contributed by atoms with Gasteiger partial charge < -0.3 is 15.4 Å². The van der Waals surface area contributed by atoms with Crippen molar-refractivity contribution in [3.8, 4) is 6.07 Å². The molecule has 0 atom stereocenters. The van der Waals surface area contributed by atoms with E-state index in [2.05, 4.69) is 17.6 Å². The summed E-state index contributed by atoms with van der Waals surface area (Å²) in [4.78, 5) is 22.1. The van der Waals surface area contributed by atoms with Crippen LogP contribution in [0.3, 0.4) is 0 Å². The summed E-state index contributed by atoms with van der Waals surface area (Å²) in [5, 5.41) is 12.8. The van der Waals surface area contributed by atoms with E-state index in [1.54, 1.807) is 6.07 Å². The summed E-state index contributed by atoms with van der Waals surface area (Å²) in [6, 6.07) is 1.72. The van der Waals surface area contributed by atoms with Gasteiger partial charge in [0.05, 0.1) is 6.07 Å². The Morgan fingerprint density at radius 3 is 2.47 bits per heavy atom. The smallest absolute Gasteiger partial charge is 0.310 e. The third kappa shape index (κ3) is 9.33. The van der Waals surface area contributed by atoms with Crippen molar-refractivity contribution in [3.05, 3.63) is 0 Å². The van der Waals surface area contributed by atoms with Crippen LogP contribution in [0.25, 0.3) is 0 Å². The highest BCUT2D eigenvalue weighted by atomic mass is 16.5. The zero-order chi connectivity index (χ0) is 12.9. The minimum atomic E-state index is -0.779. The van der Waals surface area contributed by atoms with Crippen LogP contribution >= 0.6 is 0 Å². The highest BCUT2D eigenvalue weighted by molar-refractivity contribution is 6.35. The first kappa shape index (κ1) is 15.4. The third-order valence-corrected chi connectivity index (χ3v) is 1.93. The second-order valence-corrected chi connectivity index (χ2v) is 3.42. The van der Waals surface area contributed by atoms with Crippen molar-refractivity contribution in [3.63, 3.8) is 0 Å². The van der Waals surface area contributed by atoms with E-state index in [9.17, 15) is 9.59 Å².